The lowest BCUT2D eigenvalue weighted by atomic mass is 10.1. The molecular formula is C16H15N3O3. The molecule has 2 rings (SSSR count). The molecule has 0 aliphatic rings. The van der Waals surface area contributed by atoms with Gasteiger partial charge in [0.1, 0.15) is 0 Å². The number of hydrogen-bond donors (Lipinski definition) is 4. The molecule has 2 aromatic carbocycles. The van der Waals surface area contributed by atoms with Gasteiger partial charge in [0.05, 0.1) is 11.6 Å². The summed E-state index contributed by atoms with van der Waals surface area (Å²) >= 11 is 0. The van der Waals surface area contributed by atoms with E-state index in [1.807, 2.05) is 6.07 Å². The Hall–Kier alpha value is -3.20. The molecule has 0 bridgehead atoms. The van der Waals surface area contributed by atoms with Crippen molar-refractivity contribution < 1.29 is 15.0 Å². The van der Waals surface area contributed by atoms with Crippen LogP contribution in [0.2, 0.25) is 0 Å². The molecule has 0 heterocycles. The Morgan fingerprint density at radius 1 is 1.14 bits per heavy atom. The highest BCUT2D eigenvalue weighted by Gasteiger charge is 2.04. The molecule has 6 nitrogen and oxygen atoms in total. The summed E-state index contributed by atoms with van der Waals surface area (Å²) < 4.78 is 0. The Morgan fingerprint density at radius 2 is 1.95 bits per heavy atom. The third kappa shape index (κ3) is 4.15. The van der Waals surface area contributed by atoms with Crippen molar-refractivity contribution >= 4 is 11.7 Å². The predicted octanol–water partition coefficient (Wildman–Crippen LogP) is 2.33. The summed E-state index contributed by atoms with van der Waals surface area (Å²) in [4.78, 5) is 11.7. The largest absolute Gasteiger partial charge is 0.504 e. The van der Waals surface area contributed by atoms with E-state index in [0.717, 1.165) is 5.56 Å². The molecule has 6 heteroatoms. The van der Waals surface area contributed by atoms with Gasteiger partial charge in [-0.2, -0.15) is 5.26 Å². The molecule has 2 aromatic rings. The molecule has 0 saturated carbocycles. The number of carbonyl (C=O) groups excluding carboxylic acids is 1. The van der Waals surface area contributed by atoms with E-state index >= 15 is 0 Å². The summed E-state index contributed by atoms with van der Waals surface area (Å²) in [6.07, 6.45) is 0.513. The first-order valence-electron chi connectivity index (χ1n) is 6.64. The van der Waals surface area contributed by atoms with Crippen molar-refractivity contribution in [1.29, 1.82) is 5.26 Å². The van der Waals surface area contributed by atoms with E-state index in [2.05, 4.69) is 10.6 Å². The third-order valence-electron chi connectivity index (χ3n) is 2.99. The number of anilines is 1. The molecule has 0 aromatic heterocycles. The number of amides is 2. The maximum atomic E-state index is 11.7. The number of nitrogens with zero attached hydrogens (tertiary/aromatic N) is 1. The van der Waals surface area contributed by atoms with E-state index in [1.54, 1.807) is 30.3 Å². The van der Waals surface area contributed by atoms with Crippen LogP contribution in [0.3, 0.4) is 0 Å². The second-order valence-electron chi connectivity index (χ2n) is 4.65. The Balaban J connectivity index is 1.82. The van der Waals surface area contributed by atoms with Crippen molar-refractivity contribution in [3.8, 4) is 17.6 Å². The fraction of sp³-hybridized carbons (Fsp3) is 0.125. The standard InChI is InChI=1S/C16H15N3O3/c17-10-12-2-1-3-13(8-12)19-16(22)18-7-6-11-4-5-14(20)15(21)9-11/h1-5,8-9,20-21H,6-7H2,(H2,18,19,22). The van der Waals surface area contributed by atoms with Gasteiger partial charge in [-0.25, -0.2) is 4.79 Å². The van der Waals surface area contributed by atoms with Crippen LogP contribution in [-0.4, -0.2) is 22.8 Å². The van der Waals surface area contributed by atoms with Crippen LogP contribution in [-0.2, 0) is 6.42 Å². The average molecular weight is 297 g/mol. The van der Waals surface area contributed by atoms with Crippen LogP contribution >= 0.6 is 0 Å². The third-order valence-corrected chi connectivity index (χ3v) is 2.99. The van der Waals surface area contributed by atoms with Crippen molar-refractivity contribution in [2.45, 2.75) is 6.42 Å². The first-order valence-corrected chi connectivity index (χ1v) is 6.64. The minimum absolute atomic E-state index is 0.174. The second kappa shape index (κ2) is 6.99. The number of phenols is 2. The van der Waals surface area contributed by atoms with Crippen LogP contribution in [0, 0.1) is 11.3 Å². The maximum absolute atomic E-state index is 11.7. The molecule has 0 fully saturated rings. The monoisotopic (exact) mass is 297 g/mol. The molecule has 112 valence electrons. The first-order chi connectivity index (χ1) is 10.6. The van der Waals surface area contributed by atoms with Gasteiger partial charge < -0.3 is 20.8 Å². The molecule has 4 N–H and O–H groups in total. The number of hydrogen-bond acceptors (Lipinski definition) is 4. The summed E-state index contributed by atoms with van der Waals surface area (Å²) in [5.41, 5.74) is 1.80. The number of urea groups is 1. The van der Waals surface area contributed by atoms with Crippen LogP contribution < -0.4 is 10.6 Å². The topological polar surface area (TPSA) is 105 Å². The van der Waals surface area contributed by atoms with Crippen LogP contribution in [0.4, 0.5) is 10.5 Å². The molecule has 0 atom stereocenters. The van der Waals surface area contributed by atoms with Crippen LogP contribution in [0.25, 0.3) is 0 Å². The summed E-state index contributed by atoms with van der Waals surface area (Å²) in [5, 5.41) is 32.7. The van der Waals surface area contributed by atoms with E-state index in [4.69, 9.17) is 5.26 Å². The minimum atomic E-state index is -0.377. The molecule has 0 aliphatic carbocycles. The van der Waals surface area contributed by atoms with Gasteiger partial charge in [-0.3, -0.25) is 0 Å². The van der Waals surface area contributed by atoms with Crippen LogP contribution in [0.1, 0.15) is 11.1 Å². The average Bonchev–Trinajstić information content (AvgIpc) is 2.51. The van der Waals surface area contributed by atoms with Gasteiger partial charge in [-0.15, -0.1) is 0 Å². The van der Waals surface area contributed by atoms with E-state index in [0.29, 0.717) is 24.2 Å². The SMILES string of the molecule is N#Cc1cccc(NC(=O)NCCc2ccc(O)c(O)c2)c1. The molecule has 0 aliphatic heterocycles. The first kappa shape index (κ1) is 15.2. The number of rotatable bonds is 4. The fourth-order valence-corrected chi connectivity index (χ4v) is 1.89. The maximum Gasteiger partial charge on any atom is 0.319 e. The van der Waals surface area contributed by atoms with E-state index in [9.17, 15) is 15.0 Å². The van der Waals surface area contributed by atoms with Crippen molar-refractivity contribution in [3.05, 3.63) is 53.6 Å². The van der Waals surface area contributed by atoms with Crippen LogP contribution in [0.5, 0.6) is 11.5 Å². The van der Waals surface area contributed by atoms with E-state index in [-0.39, 0.29) is 17.5 Å². The quantitative estimate of drug-likeness (QED) is 0.650. The Kier molecular flexibility index (Phi) is 4.83. The number of nitriles is 1. The number of nitrogens with one attached hydrogen (secondary N) is 2. The fourth-order valence-electron chi connectivity index (χ4n) is 1.89. The van der Waals surface area contributed by atoms with Gasteiger partial charge in [0, 0.05) is 12.2 Å². The minimum Gasteiger partial charge on any atom is -0.504 e. The molecule has 22 heavy (non-hydrogen) atoms. The lowest BCUT2D eigenvalue weighted by molar-refractivity contribution is 0.252. The normalized spacial score (nSPS) is 9.77. The number of benzene rings is 2. The molecular weight excluding hydrogens is 282 g/mol. The number of carbonyl (C=O) groups is 1. The predicted molar refractivity (Wildman–Crippen MR) is 81.7 cm³/mol. The van der Waals surface area contributed by atoms with Crippen molar-refractivity contribution in [3.63, 3.8) is 0 Å². The van der Waals surface area contributed by atoms with Crippen molar-refractivity contribution in [2.24, 2.45) is 0 Å². The molecule has 0 saturated heterocycles. The van der Waals surface area contributed by atoms with Gasteiger partial charge >= 0.3 is 6.03 Å². The van der Waals surface area contributed by atoms with Crippen molar-refractivity contribution in [2.75, 3.05) is 11.9 Å². The van der Waals surface area contributed by atoms with Gasteiger partial charge in [0.25, 0.3) is 0 Å². The van der Waals surface area contributed by atoms with E-state index in [1.165, 1.54) is 12.1 Å². The highest BCUT2D eigenvalue weighted by atomic mass is 16.3. The smallest absolute Gasteiger partial charge is 0.319 e. The second-order valence-corrected chi connectivity index (χ2v) is 4.65. The zero-order valence-electron chi connectivity index (χ0n) is 11.7. The van der Waals surface area contributed by atoms with Gasteiger partial charge in [0.15, 0.2) is 11.5 Å². The summed E-state index contributed by atoms with van der Waals surface area (Å²) in [6.45, 7) is 0.369. The highest BCUT2D eigenvalue weighted by Crippen LogP contribution is 2.24. The highest BCUT2D eigenvalue weighted by molar-refractivity contribution is 5.89. The van der Waals surface area contributed by atoms with Crippen molar-refractivity contribution in [1.82, 2.24) is 5.32 Å². The summed E-state index contributed by atoms with van der Waals surface area (Å²) in [6, 6.07) is 12.8. The zero-order valence-corrected chi connectivity index (χ0v) is 11.7. The number of aromatic hydroxyl groups is 2. The summed E-state index contributed by atoms with van der Waals surface area (Å²) in [7, 11) is 0. The molecule has 0 radical (unpaired) electrons. The van der Waals surface area contributed by atoms with E-state index < -0.39 is 0 Å². The summed E-state index contributed by atoms with van der Waals surface area (Å²) in [5.74, 6) is -0.359. The Morgan fingerprint density at radius 3 is 2.68 bits per heavy atom. The molecule has 2 amide bonds. The van der Waals surface area contributed by atoms with Crippen LogP contribution in [0.15, 0.2) is 42.5 Å². The number of phenolic OH excluding ortho intramolecular Hbond substituents is 2. The lowest BCUT2D eigenvalue weighted by Gasteiger charge is -2.08. The van der Waals surface area contributed by atoms with Gasteiger partial charge in [0.2, 0.25) is 0 Å². The Labute approximate surface area is 127 Å². The van der Waals surface area contributed by atoms with Gasteiger partial charge in [-0.1, -0.05) is 12.1 Å². The molecule has 0 unspecified atom stereocenters. The molecule has 0 spiro atoms. The van der Waals surface area contributed by atoms with Gasteiger partial charge in [-0.05, 0) is 42.3 Å². The lowest BCUT2D eigenvalue weighted by Crippen LogP contribution is -2.30. The zero-order chi connectivity index (χ0) is 15.9. The Bertz CT molecular complexity index is 723.